The molecule has 41 heavy (non-hydrogen) atoms. The highest BCUT2D eigenvalue weighted by atomic mass is 79.9. The van der Waals surface area contributed by atoms with Crippen LogP contribution in [0, 0.1) is 0 Å². The van der Waals surface area contributed by atoms with Gasteiger partial charge >= 0.3 is 0 Å². The second kappa shape index (κ2) is 13.7. The molecule has 10 heteroatoms. The van der Waals surface area contributed by atoms with Crippen LogP contribution in [0.25, 0.3) is 11.1 Å². The average molecular weight is 686 g/mol. The van der Waals surface area contributed by atoms with Gasteiger partial charge in [-0.25, -0.2) is 0 Å². The Labute approximate surface area is 257 Å². The Morgan fingerprint density at radius 3 is 1.66 bits per heavy atom. The van der Waals surface area contributed by atoms with Gasteiger partial charge < -0.3 is 18.9 Å². The lowest BCUT2D eigenvalue weighted by molar-refractivity contribution is 0.0321. The van der Waals surface area contributed by atoms with Crippen LogP contribution in [0.4, 0.5) is 5.69 Å². The number of halogens is 2. The summed E-state index contributed by atoms with van der Waals surface area (Å²) < 4.78 is 25.3. The number of hydrogen-bond donors (Lipinski definition) is 1. The summed E-state index contributed by atoms with van der Waals surface area (Å²) in [5, 5.41) is 4.91. The fourth-order valence-corrected chi connectivity index (χ4v) is 6.20. The van der Waals surface area contributed by atoms with Gasteiger partial charge in [0.1, 0.15) is 24.7 Å². The largest absolute Gasteiger partial charge is 0.491 e. The number of hydrogen-bond acceptors (Lipinski definition) is 8. The minimum Gasteiger partial charge on any atom is -0.491 e. The van der Waals surface area contributed by atoms with Crippen LogP contribution in [0.2, 0.25) is 0 Å². The molecule has 2 heterocycles. The van der Waals surface area contributed by atoms with E-state index >= 15 is 0 Å². The first kappa shape index (κ1) is 28.6. The molecule has 3 aromatic rings. The van der Waals surface area contributed by atoms with Gasteiger partial charge in [0.2, 0.25) is 0 Å². The van der Waals surface area contributed by atoms with Crippen molar-refractivity contribution in [1.82, 2.24) is 9.80 Å². The minimum atomic E-state index is 0.603. The Morgan fingerprint density at radius 2 is 1.17 bits per heavy atom. The maximum absolute atomic E-state index is 6.28. The summed E-state index contributed by atoms with van der Waals surface area (Å²) in [6.07, 6.45) is 0. The Kier molecular flexibility index (Phi) is 9.55. The van der Waals surface area contributed by atoms with Crippen molar-refractivity contribution in [1.29, 1.82) is 0 Å². The predicted octanol–water partition coefficient (Wildman–Crippen LogP) is 5.48. The van der Waals surface area contributed by atoms with Crippen molar-refractivity contribution in [3.63, 3.8) is 0 Å². The number of nitrogens with zero attached hydrogens (tertiary/aromatic N) is 3. The third kappa shape index (κ3) is 6.96. The zero-order chi connectivity index (χ0) is 28.0. The zero-order valence-corrected chi connectivity index (χ0v) is 26.1. The number of anilines is 1. The van der Waals surface area contributed by atoms with Gasteiger partial charge in [0, 0.05) is 50.4 Å². The molecule has 3 aliphatic rings. The molecule has 8 nitrogen and oxygen atoms in total. The van der Waals surface area contributed by atoms with E-state index in [1.54, 1.807) is 0 Å². The van der Waals surface area contributed by atoms with Gasteiger partial charge in [-0.15, -0.1) is 0 Å². The molecule has 6 rings (SSSR count). The molecule has 2 aliphatic heterocycles. The molecule has 0 atom stereocenters. The molecule has 216 valence electrons. The number of nitrogens with one attached hydrogen (secondary N) is 1. The van der Waals surface area contributed by atoms with Gasteiger partial charge in [0.15, 0.2) is 0 Å². The SMILES string of the molecule is Brc1cc2c(cc1OCCN1CCOCC1)C(=NNc1ccccc1)c1cc(OCCN3CCOCC3)c(Br)cc1-2. The van der Waals surface area contributed by atoms with E-state index in [0.29, 0.717) is 13.2 Å². The molecule has 0 bridgehead atoms. The topological polar surface area (TPSA) is 67.8 Å². The van der Waals surface area contributed by atoms with Crippen LogP contribution in [0.5, 0.6) is 11.5 Å². The molecule has 0 spiro atoms. The molecule has 1 N–H and O–H groups in total. The molecular weight excluding hydrogens is 652 g/mol. The molecule has 0 amide bonds. The number of ether oxygens (including phenoxy) is 4. The number of rotatable bonds is 10. The van der Waals surface area contributed by atoms with Crippen molar-refractivity contribution >= 4 is 43.3 Å². The lowest BCUT2D eigenvalue weighted by atomic mass is 10.1. The van der Waals surface area contributed by atoms with Crippen LogP contribution < -0.4 is 14.9 Å². The lowest BCUT2D eigenvalue weighted by Crippen LogP contribution is -2.38. The molecule has 3 aromatic carbocycles. The Morgan fingerprint density at radius 1 is 0.683 bits per heavy atom. The van der Waals surface area contributed by atoms with Gasteiger partial charge in [-0.3, -0.25) is 15.2 Å². The highest BCUT2D eigenvalue weighted by Gasteiger charge is 2.29. The summed E-state index contributed by atoms with van der Waals surface area (Å²) >= 11 is 7.53. The molecule has 0 saturated carbocycles. The van der Waals surface area contributed by atoms with Crippen LogP contribution in [0.3, 0.4) is 0 Å². The summed E-state index contributed by atoms with van der Waals surface area (Å²) in [6, 6.07) is 18.4. The molecule has 2 saturated heterocycles. The van der Waals surface area contributed by atoms with Crippen molar-refractivity contribution < 1.29 is 18.9 Å². The van der Waals surface area contributed by atoms with Crippen molar-refractivity contribution in [2.45, 2.75) is 0 Å². The summed E-state index contributed by atoms with van der Waals surface area (Å²) in [4.78, 5) is 4.74. The van der Waals surface area contributed by atoms with Crippen LogP contribution in [-0.4, -0.2) is 94.4 Å². The van der Waals surface area contributed by atoms with Gasteiger partial charge in [0.25, 0.3) is 0 Å². The number of benzene rings is 3. The molecule has 2 fully saturated rings. The minimum absolute atomic E-state index is 0.603. The van der Waals surface area contributed by atoms with Gasteiger partial charge in [0.05, 0.1) is 46.8 Å². The van der Waals surface area contributed by atoms with Gasteiger partial charge in [-0.2, -0.15) is 5.10 Å². The van der Waals surface area contributed by atoms with Crippen molar-refractivity contribution in [3.8, 4) is 22.6 Å². The first-order chi connectivity index (χ1) is 20.2. The summed E-state index contributed by atoms with van der Waals surface area (Å²) in [5.74, 6) is 1.61. The maximum Gasteiger partial charge on any atom is 0.134 e. The van der Waals surface area contributed by atoms with Gasteiger partial charge in [-0.05, 0) is 79.4 Å². The smallest absolute Gasteiger partial charge is 0.134 e. The number of hydrazone groups is 1. The predicted molar refractivity (Wildman–Crippen MR) is 168 cm³/mol. The number of morpholine rings is 2. The first-order valence-electron chi connectivity index (χ1n) is 14.1. The van der Waals surface area contributed by atoms with Crippen LogP contribution in [-0.2, 0) is 9.47 Å². The summed E-state index contributed by atoms with van der Waals surface area (Å²) in [7, 11) is 0. The van der Waals surface area contributed by atoms with E-state index in [1.165, 1.54) is 0 Å². The van der Waals surface area contributed by atoms with Crippen molar-refractivity contribution in [2.24, 2.45) is 5.10 Å². The zero-order valence-electron chi connectivity index (χ0n) is 22.9. The Hall–Kier alpha value is -2.47. The van der Waals surface area contributed by atoms with E-state index in [0.717, 1.165) is 120 Å². The van der Waals surface area contributed by atoms with Crippen molar-refractivity contribution in [2.75, 3.05) is 84.3 Å². The maximum atomic E-state index is 6.28. The summed E-state index contributed by atoms with van der Waals surface area (Å²) in [6.45, 7) is 9.83. The van der Waals surface area contributed by atoms with E-state index in [2.05, 4.69) is 71.4 Å². The molecule has 0 unspecified atom stereocenters. The van der Waals surface area contributed by atoms with Gasteiger partial charge in [-0.1, -0.05) is 18.2 Å². The third-order valence-corrected chi connectivity index (χ3v) is 8.79. The van der Waals surface area contributed by atoms with E-state index in [-0.39, 0.29) is 0 Å². The normalized spacial score (nSPS) is 17.2. The van der Waals surface area contributed by atoms with Crippen LogP contribution in [0.15, 0.2) is 68.6 Å². The standard InChI is InChI=1S/C31H34Br2N4O4/c32-27-18-23-24-19-28(33)30(41-17-11-37-8-14-39-15-9-37)21-26(24)31(35-34-22-4-2-1-3-5-22)25(23)20-29(27)40-16-10-36-6-12-38-13-7-36/h1-5,18-21,34H,6-17H2. The van der Waals surface area contributed by atoms with E-state index in [1.807, 2.05) is 30.3 Å². The first-order valence-corrected chi connectivity index (χ1v) is 15.7. The second-order valence-electron chi connectivity index (χ2n) is 10.2. The van der Waals surface area contributed by atoms with Crippen LogP contribution >= 0.6 is 31.9 Å². The van der Waals surface area contributed by atoms with Crippen LogP contribution in [0.1, 0.15) is 11.1 Å². The highest BCUT2D eigenvalue weighted by molar-refractivity contribution is 9.11. The average Bonchev–Trinajstić information content (AvgIpc) is 3.28. The third-order valence-electron chi connectivity index (χ3n) is 7.55. The molecule has 0 aromatic heterocycles. The molecule has 1 aliphatic carbocycles. The monoisotopic (exact) mass is 684 g/mol. The lowest BCUT2D eigenvalue weighted by Gasteiger charge is -2.26. The molecule has 0 radical (unpaired) electrons. The number of para-hydroxylation sites is 1. The second-order valence-corrected chi connectivity index (χ2v) is 11.9. The number of fused-ring (bicyclic) bond motifs is 3. The fourth-order valence-electron chi connectivity index (χ4n) is 5.28. The van der Waals surface area contributed by atoms with E-state index < -0.39 is 0 Å². The Bertz CT molecular complexity index is 1290. The van der Waals surface area contributed by atoms with E-state index in [9.17, 15) is 0 Å². The quantitative estimate of drug-likeness (QED) is 0.222. The fraction of sp³-hybridized carbons (Fsp3) is 0.387. The van der Waals surface area contributed by atoms with Crippen molar-refractivity contribution in [3.05, 3.63) is 74.7 Å². The summed E-state index contributed by atoms with van der Waals surface area (Å²) in [5.41, 5.74) is 9.27. The van der Waals surface area contributed by atoms with E-state index in [4.69, 9.17) is 24.0 Å². The highest BCUT2D eigenvalue weighted by Crippen LogP contribution is 2.45. The Balaban J connectivity index is 1.26. The molecular formula is C31H34Br2N4O4.